The number of hydrogen-bond acceptors (Lipinski definition) is 2. The van der Waals surface area contributed by atoms with Crippen LogP contribution in [0.25, 0.3) is 10.9 Å². The van der Waals surface area contributed by atoms with Crippen LogP contribution in [0.15, 0.2) is 24.4 Å². The van der Waals surface area contributed by atoms with Crippen molar-refractivity contribution in [3.8, 4) is 0 Å². The zero-order valence-corrected chi connectivity index (χ0v) is 13.7. The van der Waals surface area contributed by atoms with E-state index in [9.17, 15) is 4.79 Å². The fraction of sp³-hybridized carbons (Fsp3) is 0.438. The fourth-order valence-corrected chi connectivity index (χ4v) is 2.38. The van der Waals surface area contributed by atoms with E-state index in [2.05, 4.69) is 19.2 Å². The lowest BCUT2D eigenvalue weighted by Gasteiger charge is -2.11. The van der Waals surface area contributed by atoms with Crippen molar-refractivity contribution < 1.29 is 4.79 Å². The van der Waals surface area contributed by atoms with E-state index in [0.29, 0.717) is 17.6 Å². The van der Waals surface area contributed by atoms with Gasteiger partial charge in [0.1, 0.15) is 6.54 Å². The first-order valence-corrected chi connectivity index (χ1v) is 7.47. The van der Waals surface area contributed by atoms with Crippen LogP contribution < -0.4 is 5.32 Å². The first kappa shape index (κ1) is 15.9. The number of carbonyl (C=O) groups excluding carboxylic acids is 1. The van der Waals surface area contributed by atoms with Crippen LogP contribution >= 0.6 is 11.6 Å². The summed E-state index contributed by atoms with van der Waals surface area (Å²) in [4.78, 5) is 13.6. The van der Waals surface area contributed by atoms with E-state index >= 15 is 0 Å². The van der Waals surface area contributed by atoms with Crippen LogP contribution in [0.5, 0.6) is 0 Å². The van der Waals surface area contributed by atoms with Crippen LogP contribution in [0.1, 0.15) is 19.4 Å². The quantitative estimate of drug-likeness (QED) is 0.922. The molecule has 0 saturated heterocycles. The normalized spacial score (nSPS) is 11.3. The van der Waals surface area contributed by atoms with Crippen LogP contribution in [-0.4, -0.2) is 35.5 Å². The SMILES string of the molecule is CC(C)NCc1cn(CC(=O)N(C)C)c2cc(Cl)ccc12. The number of fused-ring (bicyclic) bond motifs is 1. The average Bonchev–Trinajstić information content (AvgIpc) is 2.73. The van der Waals surface area contributed by atoms with Gasteiger partial charge in [0.2, 0.25) is 5.91 Å². The first-order chi connectivity index (χ1) is 9.88. The first-order valence-electron chi connectivity index (χ1n) is 7.09. The zero-order valence-electron chi connectivity index (χ0n) is 13.0. The molecule has 1 aromatic heterocycles. The van der Waals surface area contributed by atoms with Crippen molar-refractivity contribution in [1.29, 1.82) is 0 Å². The number of amides is 1. The molecule has 0 aliphatic heterocycles. The minimum Gasteiger partial charge on any atom is -0.347 e. The maximum Gasteiger partial charge on any atom is 0.241 e. The van der Waals surface area contributed by atoms with Crippen molar-refractivity contribution in [2.75, 3.05) is 14.1 Å². The third-order valence-electron chi connectivity index (χ3n) is 3.43. The molecule has 1 aromatic carbocycles. The lowest BCUT2D eigenvalue weighted by molar-refractivity contribution is -0.129. The molecule has 5 heteroatoms. The molecule has 114 valence electrons. The van der Waals surface area contributed by atoms with E-state index < -0.39 is 0 Å². The van der Waals surface area contributed by atoms with Crippen LogP contribution in [0.4, 0.5) is 0 Å². The molecule has 1 heterocycles. The molecule has 0 fully saturated rings. The molecule has 0 aliphatic carbocycles. The van der Waals surface area contributed by atoms with Gasteiger partial charge in [0.25, 0.3) is 0 Å². The summed E-state index contributed by atoms with van der Waals surface area (Å²) in [6.45, 7) is 5.34. The van der Waals surface area contributed by atoms with Crippen LogP contribution in [0.3, 0.4) is 0 Å². The molecule has 0 bridgehead atoms. The molecule has 1 N–H and O–H groups in total. The molecule has 1 amide bonds. The number of benzene rings is 1. The van der Waals surface area contributed by atoms with Crippen molar-refractivity contribution in [3.05, 3.63) is 35.0 Å². The summed E-state index contributed by atoms with van der Waals surface area (Å²) in [6, 6.07) is 6.24. The second kappa shape index (κ2) is 6.50. The summed E-state index contributed by atoms with van der Waals surface area (Å²) < 4.78 is 1.97. The predicted octanol–water partition coefficient (Wildman–Crippen LogP) is 2.88. The minimum atomic E-state index is 0.0650. The Labute approximate surface area is 130 Å². The number of nitrogens with zero attached hydrogens (tertiary/aromatic N) is 2. The van der Waals surface area contributed by atoms with Crippen molar-refractivity contribution in [1.82, 2.24) is 14.8 Å². The van der Waals surface area contributed by atoms with Crippen LogP contribution in [0.2, 0.25) is 5.02 Å². The molecule has 21 heavy (non-hydrogen) atoms. The minimum absolute atomic E-state index is 0.0650. The van der Waals surface area contributed by atoms with Gasteiger partial charge in [-0.05, 0) is 17.7 Å². The third-order valence-corrected chi connectivity index (χ3v) is 3.67. The molecule has 0 spiro atoms. The van der Waals surface area contributed by atoms with Gasteiger partial charge in [0.05, 0.1) is 5.52 Å². The molecule has 0 unspecified atom stereocenters. The summed E-state index contributed by atoms with van der Waals surface area (Å²) >= 11 is 6.10. The molecular formula is C16H22ClN3O. The molecular weight excluding hydrogens is 286 g/mol. The van der Waals surface area contributed by atoms with Gasteiger partial charge in [-0.2, -0.15) is 0 Å². The van der Waals surface area contributed by atoms with Gasteiger partial charge in [0.15, 0.2) is 0 Å². The van der Waals surface area contributed by atoms with Crippen molar-refractivity contribution in [2.45, 2.75) is 33.0 Å². The molecule has 4 nitrogen and oxygen atoms in total. The zero-order chi connectivity index (χ0) is 15.6. The Morgan fingerprint density at radius 2 is 2.10 bits per heavy atom. The predicted molar refractivity (Wildman–Crippen MR) is 87.6 cm³/mol. The Kier molecular flexibility index (Phi) is 4.91. The van der Waals surface area contributed by atoms with Crippen LogP contribution in [0, 0.1) is 0 Å². The summed E-state index contributed by atoms with van der Waals surface area (Å²) in [7, 11) is 3.53. The van der Waals surface area contributed by atoms with E-state index in [0.717, 1.165) is 17.4 Å². The Morgan fingerprint density at radius 3 is 2.71 bits per heavy atom. The maximum absolute atomic E-state index is 12.0. The lowest BCUT2D eigenvalue weighted by atomic mass is 10.1. The Bertz CT molecular complexity index is 646. The smallest absolute Gasteiger partial charge is 0.241 e. The van der Waals surface area contributed by atoms with Gasteiger partial charge < -0.3 is 14.8 Å². The molecule has 0 aliphatic rings. The molecule has 0 atom stereocenters. The summed E-state index contributed by atoms with van der Waals surface area (Å²) in [5.74, 6) is 0.0650. The van der Waals surface area contributed by atoms with E-state index in [4.69, 9.17) is 11.6 Å². The highest BCUT2D eigenvalue weighted by molar-refractivity contribution is 6.31. The van der Waals surface area contributed by atoms with Crippen LogP contribution in [-0.2, 0) is 17.9 Å². The number of rotatable bonds is 5. The highest BCUT2D eigenvalue weighted by Crippen LogP contribution is 2.25. The van der Waals surface area contributed by atoms with E-state index in [1.54, 1.807) is 19.0 Å². The van der Waals surface area contributed by atoms with Gasteiger partial charge >= 0.3 is 0 Å². The fourth-order valence-electron chi connectivity index (χ4n) is 2.21. The number of hydrogen-bond donors (Lipinski definition) is 1. The number of halogens is 1. The van der Waals surface area contributed by atoms with Crippen molar-refractivity contribution in [3.63, 3.8) is 0 Å². The highest BCUT2D eigenvalue weighted by atomic mass is 35.5. The Balaban J connectivity index is 2.39. The molecule has 2 aromatic rings. The molecule has 0 saturated carbocycles. The van der Waals surface area contributed by atoms with E-state index in [-0.39, 0.29) is 5.91 Å². The number of carbonyl (C=O) groups is 1. The number of nitrogens with one attached hydrogen (secondary N) is 1. The molecule has 0 radical (unpaired) electrons. The summed E-state index contributed by atoms with van der Waals surface area (Å²) in [6.07, 6.45) is 2.04. The second-order valence-electron chi connectivity index (χ2n) is 5.77. The lowest BCUT2D eigenvalue weighted by Crippen LogP contribution is -2.26. The average molecular weight is 308 g/mol. The van der Waals surface area contributed by atoms with Gasteiger partial charge in [0, 0.05) is 43.3 Å². The van der Waals surface area contributed by atoms with E-state index in [1.165, 1.54) is 5.56 Å². The molecule has 2 rings (SSSR count). The van der Waals surface area contributed by atoms with E-state index in [1.807, 2.05) is 29.0 Å². The number of likely N-dealkylation sites (N-methyl/N-ethyl adjacent to an activating group) is 1. The standard InChI is InChI=1S/C16H22ClN3O/c1-11(2)18-8-12-9-20(10-16(21)19(3)4)15-7-13(17)5-6-14(12)15/h5-7,9,11,18H,8,10H2,1-4H3. The largest absolute Gasteiger partial charge is 0.347 e. The summed E-state index contributed by atoms with van der Waals surface area (Å²) in [5.41, 5.74) is 2.18. The van der Waals surface area contributed by atoms with Gasteiger partial charge in [-0.15, -0.1) is 0 Å². The van der Waals surface area contributed by atoms with Crippen molar-refractivity contribution >= 4 is 28.4 Å². The number of aromatic nitrogens is 1. The van der Waals surface area contributed by atoms with Gasteiger partial charge in [-0.3, -0.25) is 4.79 Å². The second-order valence-corrected chi connectivity index (χ2v) is 6.20. The van der Waals surface area contributed by atoms with Gasteiger partial charge in [-0.25, -0.2) is 0 Å². The Morgan fingerprint density at radius 1 is 1.38 bits per heavy atom. The maximum atomic E-state index is 12.0. The Hall–Kier alpha value is -1.52. The highest BCUT2D eigenvalue weighted by Gasteiger charge is 2.12. The monoisotopic (exact) mass is 307 g/mol. The third kappa shape index (κ3) is 3.77. The summed E-state index contributed by atoms with van der Waals surface area (Å²) in [5, 5.41) is 5.24. The van der Waals surface area contributed by atoms with Crippen molar-refractivity contribution in [2.24, 2.45) is 0 Å². The van der Waals surface area contributed by atoms with Gasteiger partial charge in [-0.1, -0.05) is 31.5 Å². The topological polar surface area (TPSA) is 37.3 Å².